The summed E-state index contributed by atoms with van der Waals surface area (Å²) in [5.41, 5.74) is 2.44. The molecule has 0 aromatic heterocycles. The number of aryl methyl sites for hydroxylation is 1. The Morgan fingerprint density at radius 2 is 2.00 bits per heavy atom. The topological polar surface area (TPSA) is 40.5 Å². The number of carboxylic acids is 1. The van der Waals surface area contributed by atoms with E-state index in [4.69, 9.17) is 5.11 Å². The largest absolute Gasteiger partial charge is 0.478 e. The molecule has 0 aliphatic carbocycles. The van der Waals surface area contributed by atoms with Gasteiger partial charge in [-0.2, -0.15) is 0 Å². The highest BCUT2D eigenvalue weighted by molar-refractivity contribution is 5.79. The molecule has 1 N–H and O–H groups in total. The first-order valence-electron chi connectivity index (χ1n) is 5.83. The molecule has 1 rings (SSSR count). The van der Waals surface area contributed by atoms with Crippen molar-refractivity contribution in [3.05, 3.63) is 42.0 Å². The third-order valence-corrected chi connectivity index (χ3v) is 2.56. The Morgan fingerprint density at radius 3 is 2.53 bits per heavy atom. The number of rotatable bonds is 6. The van der Waals surface area contributed by atoms with Crippen molar-refractivity contribution in [1.82, 2.24) is 0 Å². The van der Waals surface area contributed by atoms with Crippen molar-refractivity contribution in [3.63, 3.8) is 0 Å². The summed E-state index contributed by atoms with van der Waals surface area (Å²) in [6.07, 6.45) is 5.06. The van der Waals surface area contributed by atoms with E-state index in [9.17, 15) is 4.79 Å². The lowest BCUT2D eigenvalue weighted by atomic mass is 10.1. The number of carboxylic acid groups (broad SMARTS) is 1. The summed E-state index contributed by atoms with van der Waals surface area (Å²) >= 11 is 0. The molecule has 0 aliphatic rings. The molecule has 1 aromatic carbocycles. The van der Waals surface area contributed by atoms with Gasteiger partial charge in [-0.3, -0.25) is 0 Å². The molecule has 0 saturated carbocycles. The van der Waals surface area contributed by atoms with Crippen LogP contribution >= 0.6 is 0 Å². The van der Waals surface area contributed by atoms with E-state index in [2.05, 4.69) is 31.2 Å². The second-order valence-electron chi connectivity index (χ2n) is 4.04. The number of carbonyl (C=O) groups is 1. The zero-order chi connectivity index (χ0) is 12.7. The molecule has 0 unspecified atom stereocenters. The minimum absolute atomic E-state index is 0.597. The van der Waals surface area contributed by atoms with Crippen LogP contribution in [0.25, 0.3) is 0 Å². The predicted octanol–water partition coefficient (Wildman–Crippen LogP) is 2.72. The van der Waals surface area contributed by atoms with Gasteiger partial charge in [0.1, 0.15) is 0 Å². The van der Waals surface area contributed by atoms with Crippen LogP contribution in [0, 0.1) is 0 Å². The first kappa shape index (κ1) is 13.3. The van der Waals surface area contributed by atoms with Crippen molar-refractivity contribution in [2.75, 3.05) is 18.5 Å². The summed E-state index contributed by atoms with van der Waals surface area (Å²) in [7, 11) is 1.95. The monoisotopic (exact) mass is 233 g/mol. The maximum absolute atomic E-state index is 10.3. The summed E-state index contributed by atoms with van der Waals surface area (Å²) in [6.45, 7) is 2.76. The highest BCUT2D eigenvalue weighted by atomic mass is 16.4. The van der Waals surface area contributed by atoms with Gasteiger partial charge in [-0.1, -0.05) is 31.6 Å². The van der Waals surface area contributed by atoms with Crippen LogP contribution in [-0.2, 0) is 11.2 Å². The lowest BCUT2D eigenvalue weighted by Gasteiger charge is -2.17. The molecule has 0 aliphatic heterocycles. The second kappa shape index (κ2) is 6.74. The van der Waals surface area contributed by atoms with Gasteiger partial charge in [-0.15, -0.1) is 0 Å². The molecule has 0 heterocycles. The Labute approximate surface area is 102 Å². The van der Waals surface area contributed by atoms with E-state index in [0.29, 0.717) is 6.54 Å². The maximum Gasteiger partial charge on any atom is 0.328 e. The average molecular weight is 233 g/mol. The van der Waals surface area contributed by atoms with Gasteiger partial charge < -0.3 is 10.0 Å². The highest BCUT2D eigenvalue weighted by Gasteiger charge is 1.99. The van der Waals surface area contributed by atoms with E-state index < -0.39 is 5.97 Å². The van der Waals surface area contributed by atoms with Crippen molar-refractivity contribution in [2.45, 2.75) is 19.8 Å². The van der Waals surface area contributed by atoms with Gasteiger partial charge in [0.2, 0.25) is 0 Å². The zero-order valence-corrected chi connectivity index (χ0v) is 10.4. The molecule has 0 radical (unpaired) electrons. The number of likely N-dealkylation sites (N-methyl/N-ethyl adjacent to an activating group) is 1. The third kappa shape index (κ3) is 4.72. The molecule has 0 bridgehead atoms. The molecule has 0 atom stereocenters. The highest BCUT2D eigenvalue weighted by Crippen LogP contribution is 2.14. The SMILES string of the molecule is CCCc1ccc(N(C)C/C=C/C(=O)O)cc1. The van der Waals surface area contributed by atoms with Crippen molar-refractivity contribution < 1.29 is 9.90 Å². The van der Waals surface area contributed by atoms with E-state index in [1.165, 1.54) is 11.6 Å². The quantitative estimate of drug-likeness (QED) is 0.768. The molecule has 1 aromatic rings. The molecule has 92 valence electrons. The Morgan fingerprint density at radius 1 is 1.35 bits per heavy atom. The number of hydrogen-bond donors (Lipinski definition) is 1. The Hall–Kier alpha value is -1.77. The average Bonchev–Trinajstić information content (AvgIpc) is 2.30. The fourth-order valence-corrected chi connectivity index (χ4v) is 1.62. The van der Waals surface area contributed by atoms with E-state index >= 15 is 0 Å². The predicted molar refractivity (Wildman–Crippen MR) is 70.5 cm³/mol. The lowest BCUT2D eigenvalue weighted by Crippen LogP contribution is -2.16. The molecule has 0 spiro atoms. The molecule has 0 saturated heterocycles. The van der Waals surface area contributed by atoms with Crippen LogP contribution in [0.3, 0.4) is 0 Å². The molecule has 0 amide bonds. The third-order valence-electron chi connectivity index (χ3n) is 2.56. The summed E-state index contributed by atoms with van der Waals surface area (Å²) in [5.74, 6) is -0.906. The smallest absolute Gasteiger partial charge is 0.328 e. The summed E-state index contributed by atoms with van der Waals surface area (Å²) in [4.78, 5) is 12.3. The van der Waals surface area contributed by atoms with Gasteiger partial charge in [0, 0.05) is 25.4 Å². The van der Waals surface area contributed by atoms with Crippen LogP contribution in [0.1, 0.15) is 18.9 Å². The fourth-order valence-electron chi connectivity index (χ4n) is 1.62. The number of aliphatic carboxylic acids is 1. The van der Waals surface area contributed by atoms with Gasteiger partial charge >= 0.3 is 5.97 Å². The van der Waals surface area contributed by atoms with Crippen LogP contribution < -0.4 is 4.90 Å². The first-order chi connectivity index (χ1) is 8.13. The Bertz CT molecular complexity index is 382. The van der Waals surface area contributed by atoms with Crippen LogP contribution in [0.4, 0.5) is 5.69 Å². The van der Waals surface area contributed by atoms with Crippen molar-refractivity contribution >= 4 is 11.7 Å². The minimum atomic E-state index is -0.906. The maximum atomic E-state index is 10.3. The number of benzene rings is 1. The van der Waals surface area contributed by atoms with Crippen LogP contribution in [0.5, 0.6) is 0 Å². The van der Waals surface area contributed by atoms with Gasteiger partial charge in [0.05, 0.1) is 0 Å². The molecular weight excluding hydrogens is 214 g/mol. The first-order valence-corrected chi connectivity index (χ1v) is 5.83. The summed E-state index contributed by atoms with van der Waals surface area (Å²) < 4.78 is 0. The Kier molecular flexibility index (Phi) is 5.27. The number of anilines is 1. The minimum Gasteiger partial charge on any atom is -0.478 e. The van der Waals surface area contributed by atoms with Gasteiger partial charge in [-0.05, 0) is 24.1 Å². The van der Waals surface area contributed by atoms with E-state index in [-0.39, 0.29) is 0 Å². The van der Waals surface area contributed by atoms with Gasteiger partial charge in [-0.25, -0.2) is 4.79 Å². The summed E-state index contributed by atoms with van der Waals surface area (Å²) in [6, 6.07) is 8.38. The number of nitrogens with zero attached hydrogens (tertiary/aromatic N) is 1. The normalized spacial score (nSPS) is 10.7. The van der Waals surface area contributed by atoms with Gasteiger partial charge in [0.25, 0.3) is 0 Å². The standard InChI is InChI=1S/C14H19NO2/c1-3-5-12-7-9-13(10-8-12)15(2)11-4-6-14(16)17/h4,6-10H,3,5,11H2,1-2H3,(H,16,17)/b6-4+. The van der Waals surface area contributed by atoms with Crippen LogP contribution in [0.2, 0.25) is 0 Å². The molecule has 3 nitrogen and oxygen atoms in total. The van der Waals surface area contributed by atoms with Crippen LogP contribution in [0.15, 0.2) is 36.4 Å². The van der Waals surface area contributed by atoms with Crippen molar-refractivity contribution in [2.24, 2.45) is 0 Å². The van der Waals surface area contributed by atoms with Crippen molar-refractivity contribution in [1.29, 1.82) is 0 Å². The molecule has 17 heavy (non-hydrogen) atoms. The Balaban J connectivity index is 2.57. The van der Waals surface area contributed by atoms with E-state index in [1.54, 1.807) is 6.08 Å². The lowest BCUT2D eigenvalue weighted by molar-refractivity contribution is -0.131. The fraction of sp³-hybridized carbons (Fsp3) is 0.357. The van der Waals surface area contributed by atoms with E-state index in [0.717, 1.165) is 18.5 Å². The number of hydrogen-bond acceptors (Lipinski definition) is 2. The van der Waals surface area contributed by atoms with Gasteiger partial charge in [0.15, 0.2) is 0 Å². The zero-order valence-electron chi connectivity index (χ0n) is 10.4. The molecule has 3 heteroatoms. The second-order valence-corrected chi connectivity index (χ2v) is 4.04. The summed E-state index contributed by atoms with van der Waals surface area (Å²) in [5, 5.41) is 8.49. The molecule has 0 fully saturated rings. The molecular formula is C14H19NO2. The van der Waals surface area contributed by atoms with Crippen LogP contribution in [-0.4, -0.2) is 24.7 Å². The van der Waals surface area contributed by atoms with E-state index in [1.807, 2.05) is 11.9 Å². The van der Waals surface area contributed by atoms with Crippen molar-refractivity contribution in [3.8, 4) is 0 Å².